The fourth-order valence-corrected chi connectivity index (χ4v) is 4.55. The van der Waals surface area contributed by atoms with E-state index in [4.69, 9.17) is 18.6 Å². The predicted molar refractivity (Wildman–Crippen MR) is 105 cm³/mol. The fourth-order valence-electron chi connectivity index (χ4n) is 4.55. The Morgan fingerprint density at radius 2 is 1.93 bits per heavy atom. The van der Waals surface area contributed by atoms with Crippen LogP contribution in [-0.4, -0.2) is 41.9 Å². The minimum Gasteiger partial charge on any atom is -0.459 e. The van der Waals surface area contributed by atoms with Crippen molar-refractivity contribution in [2.45, 2.75) is 50.4 Å². The van der Waals surface area contributed by atoms with E-state index >= 15 is 0 Å². The monoisotopic (exact) mass is 412 g/mol. The van der Waals surface area contributed by atoms with Crippen LogP contribution in [0.4, 0.5) is 0 Å². The van der Waals surface area contributed by atoms with Crippen molar-refractivity contribution in [1.29, 1.82) is 0 Å². The lowest BCUT2D eigenvalue weighted by Crippen LogP contribution is -2.56. The highest BCUT2D eigenvalue weighted by atomic mass is 16.7. The number of rotatable bonds is 4. The number of amides is 2. The zero-order valence-corrected chi connectivity index (χ0v) is 16.6. The molecule has 1 atom stereocenters. The predicted octanol–water partition coefficient (Wildman–Crippen LogP) is 2.83. The van der Waals surface area contributed by atoms with Crippen LogP contribution >= 0.6 is 0 Å². The normalized spacial score (nSPS) is 21.7. The van der Waals surface area contributed by atoms with Crippen LogP contribution in [0.25, 0.3) is 0 Å². The number of carbonyl (C=O) groups is 2. The molecule has 1 unspecified atom stereocenters. The van der Waals surface area contributed by atoms with Gasteiger partial charge in [0.2, 0.25) is 12.7 Å². The standard InChI is InChI=1S/C22H24N2O6/c25-20(23-12-15-6-7-17-19(11-15)29-14-28-17)16-13-30-22(8-2-1-3-9-22)24(16)21(26)18-5-4-10-27-18/h4-7,10-11,16H,1-3,8-9,12-14H2,(H,23,25). The summed E-state index contributed by atoms with van der Waals surface area (Å²) in [6.45, 7) is 0.706. The third kappa shape index (κ3) is 3.31. The van der Waals surface area contributed by atoms with Gasteiger partial charge in [-0.1, -0.05) is 12.5 Å². The van der Waals surface area contributed by atoms with Gasteiger partial charge in [-0.25, -0.2) is 0 Å². The third-order valence-corrected chi connectivity index (χ3v) is 6.05. The molecule has 1 aromatic heterocycles. The number of nitrogens with zero attached hydrogens (tertiary/aromatic N) is 1. The van der Waals surface area contributed by atoms with Gasteiger partial charge in [0, 0.05) is 6.54 Å². The number of ether oxygens (including phenoxy) is 3. The van der Waals surface area contributed by atoms with Gasteiger partial charge in [0.05, 0.1) is 12.9 Å². The van der Waals surface area contributed by atoms with Gasteiger partial charge in [0.15, 0.2) is 17.3 Å². The summed E-state index contributed by atoms with van der Waals surface area (Å²) < 4.78 is 22.2. The first-order valence-electron chi connectivity index (χ1n) is 10.3. The Bertz CT molecular complexity index is 935. The molecule has 3 heterocycles. The average molecular weight is 412 g/mol. The van der Waals surface area contributed by atoms with E-state index < -0.39 is 11.8 Å². The molecule has 8 heteroatoms. The summed E-state index contributed by atoms with van der Waals surface area (Å²) in [6.07, 6.45) is 5.96. The number of hydrogen-bond donors (Lipinski definition) is 1. The van der Waals surface area contributed by atoms with Crippen LogP contribution in [0.3, 0.4) is 0 Å². The van der Waals surface area contributed by atoms with E-state index in [1.807, 2.05) is 18.2 Å². The molecule has 1 saturated heterocycles. The van der Waals surface area contributed by atoms with Crippen LogP contribution in [-0.2, 0) is 16.1 Å². The summed E-state index contributed by atoms with van der Waals surface area (Å²) >= 11 is 0. The quantitative estimate of drug-likeness (QED) is 0.831. The lowest BCUT2D eigenvalue weighted by atomic mass is 9.90. The molecule has 1 aromatic carbocycles. The van der Waals surface area contributed by atoms with Crippen molar-refractivity contribution in [3.63, 3.8) is 0 Å². The van der Waals surface area contributed by atoms with Gasteiger partial charge in [0.1, 0.15) is 11.8 Å². The van der Waals surface area contributed by atoms with E-state index in [2.05, 4.69) is 5.32 Å². The summed E-state index contributed by atoms with van der Waals surface area (Å²) in [5.41, 5.74) is 0.158. The van der Waals surface area contributed by atoms with Crippen molar-refractivity contribution >= 4 is 11.8 Å². The maximum atomic E-state index is 13.2. The molecule has 30 heavy (non-hydrogen) atoms. The van der Waals surface area contributed by atoms with E-state index in [1.54, 1.807) is 17.0 Å². The number of hydrogen-bond acceptors (Lipinski definition) is 6. The Morgan fingerprint density at radius 3 is 2.73 bits per heavy atom. The van der Waals surface area contributed by atoms with Crippen LogP contribution in [0.2, 0.25) is 0 Å². The number of nitrogens with one attached hydrogen (secondary N) is 1. The molecule has 3 aliphatic rings. The van der Waals surface area contributed by atoms with Crippen molar-refractivity contribution < 1.29 is 28.2 Å². The first kappa shape index (κ1) is 19.0. The van der Waals surface area contributed by atoms with Crippen LogP contribution in [0.15, 0.2) is 41.0 Å². The Balaban J connectivity index is 1.33. The van der Waals surface area contributed by atoms with Gasteiger partial charge in [-0.15, -0.1) is 0 Å². The van der Waals surface area contributed by atoms with E-state index in [1.165, 1.54) is 6.26 Å². The fraction of sp³-hybridized carbons (Fsp3) is 0.455. The summed E-state index contributed by atoms with van der Waals surface area (Å²) in [5, 5.41) is 2.94. The molecule has 1 N–H and O–H groups in total. The van der Waals surface area contributed by atoms with Crippen LogP contribution in [0.5, 0.6) is 11.5 Å². The van der Waals surface area contributed by atoms with Crippen molar-refractivity contribution in [2.75, 3.05) is 13.4 Å². The average Bonchev–Trinajstić information content (AvgIpc) is 3.52. The highest BCUT2D eigenvalue weighted by Gasteiger charge is 2.53. The van der Waals surface area contributed by atoms with Gasteiger partial charge in [-0.3, -0.25) is 14.5 Å². The molecule has 2 fully saturated rings. The Hall–Kier alpha value is -3.00. The van der Waals surface area contributed by atoms with Crippen molar-refractivity contribution in [2.24, 2.45) is 0 Å². The molecule has 8 nitrogen and oxygen atoms in total. The van der Waals surface area contributed by atoms with E-state index in [-0.39, 0.29) is 31.0 Å². The summed E-state index contributed by atoms with van der Waals surface area (Å²) in [7, 11) is 0. The van der Waals surface area contributed by atoms with Crippen LogP contribution < -0.4 is 14.8 Å². The number of benzene rings is 1. The minimum absolute atomic E-state index is 0.180. The zero-order chi connectivity index (χ0) is 20.6. The Morgan fingerprint density at radius 1 is 1.10 bits per heavy atom. The number of fused-ring (bicyclic) bond motifs is 1. The second kappa shape index (κ2) is 7.68. The molecule has 1 saturated carbocycles. The molecule has 2 aliphatic heterocycles. The summed E-state index contributed by atoms with van der Waals surface area (Å²) in [5.74, 6) is 1.04. The van der Waals surface area contributed by atoms with Gasteiger partial charge in [-0.2, -0.15) is 0 Å². The highest BCUT2D eigenvalue weighted by Crippen LogP contribution is 2.41. The zero-order valence-electron chi connectivity index (χ0n) is 16.6. The maximum absolute atomic E-state index is 13.2. The molecular formula is C22H24N2O6. The van der Waals surface area contributed by atoms with Crippen molar-refractivity contribution in [3.8, 4) is 11.5 Å². The van der Waals surface area contributed by atoms with Crippen molar-refractivity contribution in [1.82, 2.24) is 10.2 Å². The van der Waals surface area contributed by atoms with Crippen LogP contribution in [0, 0.1) is 0 Å². The molecule has 2 aromatic rings. The highest BCUT2D eigenvalue weighted by molar-refractivity contribution is 5.96. The van der Waals surface area contributed by atoms with Crippen molar-refractivity contribution in [3.05, 3.63) is 47.9 Å². The number of carbonyl (C=O) groups excluding carboxylic acids is 2. The molecule has 1 aliphatic carbocycles. The van der Waals surface area contributed by atoms with Gasteiger partial charge in [-0.05, 0) is 55.5 Å². The van der Waals surface area contributed by atoms with Crippen LogP contribution in [0.1, 0.15) is 48.2 Å². The lowest BCUT2D eigenvalue weighted by molar-refractivity contribution is -0.127. The van der Waals surface area contributed by atoms with Gasteiger partial charge in [0.25, 0.3) is 5.91 Å². The summed E-state index contributed by atoms with van der Waals surface area (Å²) in [6, 6.07) is 8.15. The molecule has 2 amide bonds. The lowest BCUT2D eigenvalue weighted by Gasteiger charge is -2.41. The minimum atomic E-state index is -0.733. The largest absolute Gasteiger partial charge is 0.459 e. The summed E-state index contributed by atoms with van der Waals surface area (Å²) in [4.78, 5) is 27.9. The van der Waals surface area contributed by atoms with E-state index in [0.717, 1.165) is 37.7 Å². The third-order valence-electron chi connectivity index (χ3n) is 6.05. The Kier molecular flexibility index (Phi) is 4.86. The van der Waals surface area contributed by atoms with E-state index in [9.17, 15) is 9.59 Å². The molecule has 1 spiro atoms. The smallest absolute Gasteiger partial charge is 0.292 e. The topological polar surface area (TPSA) is 90.2 Å². The molecular weight excluding hydrogens is 388 g/mol. The van der Waals surface area contributed by atoms with Gasteiger partial charge < -0.3 is 23.9 Å². The van der Waals surface area contributed by atoms with E-state index in [0.29, 0.717) is 18.0 Å². The molecule has 0 radical (unpaired) electrons. The first-order valence-corrected chi connectivity index (χ1v) is 10.3. The molecule has 5 rings (SSSR count). The number of furan rings is 1. The maximum Gasteiger partial charge on any atom is 0.292 e. The van der Waals surface area contributed by atoms with Gasteiger partial charge >= 0.3 is 0 Å². The SMILES string of the molecule is O=C(NCc1ccc2c(c1)OCO2)C1COC2(CCCCC2)N1C(=O)c1ccco1. The molecule has 158 valence electrons. The first-order chi connectivity index (χ1) is 14.7. The Labute approximate surface area is 174 Å². The second-order valence-corrected chi connectivity index (χ2v) is 7.89. The second-order valence-electron chi connectivity index (χ2n) is 7.89. The molecule has 0 bridgehead atoms.